The number of piperidine rings is 1. The molecule has 1 aromatic heterocycles. The quantitative estimate of drug-likeness (QED) is 0.792. The van der Waals surface area contributed by atoms with E-state index in [-0.39, 0.29) is 18.5 Å². The molecule has 2 heterocycles. The SMILES string of the molecule is Cn1cccc(C(=O)N2CCCCC2C(F)(F)F)c1=O. The number of nitrogens with zero attached hydrogens (tertiary/aromatic N) is 2. The second-order valence-electron chi connectivity index (χ2n) is 4.89. The van der Waals surface area contributed by atoms with Crippen molar-refractivity contribution in [2.24, 2.45) is 7.05 Å². The first-order valence-electron chi connectivity index (χ1n) is 6.35. The molecule has 0 radical (unpaired) electrons. The molecule has 1 fully saturated rings. The summed E-state index contributed by atoms with van der Waals surface area (Å²) >= 11 is 0. The van der Waals surface area contributed by atoms with Gasteiger partial charge in [-0.2, -0.15) is 13.2 Å². The van der Waals surface area contributed by atoms with Crippen LogP contribution in [0.25, 0.3) is 0 Å². The summed E-state index contributed by atoms with van der Waals surface area (Å²) in [4.78, 5) is 24.9. The number of carbonyl (C=O) groups is 1. The van der Waals surface area contributed by atoms with Crippen LogP contribution in [0.4, 0.5) is 13.2 Å². The molecule has 0 aromatic carbocycles. The Balaban J connectivity index is 2.35. The first-order valence-corrected chi connectivity index (χ1v) is 6.35. The molecule has 1 aliphatic rings. The van der Waals surface area contributed by atoms with E-state index in [0.29, 0.717) is 12.8 Å². The molecular formula is C13H15F3N2O2. The van der Waals surface area contributed by atoms with Crippen molar-refractivity contribution in [3.8, 4) is 0 Å². The fourth-order valence-electron chi connectivity index (χ4n) is 2.43. The average molecular weight is 288 g/mol. The molecule has 1 aliphatic heterocycles. The van der Waals surface area contributed by atoms with Crippen molar-refractivity contribution in [2.45, 2.75) is 31.5 Å². The number of halogens is 3. The number of rotatable bonds is 1. The van der Waals surface area contributed by atoms with Gasteiger partial charge < -0.3 is 9.47 Å². The van der Waals surface area contributed by atoms with Gasteiger partial charge in [-0.15, -0.1) is 0 Å². The Morgan fingerprint density at radius 1 is 1.35 bits per heavy atom. The van der Waals surface area contributed by atoms with E-state index in [1.165, 1.54) is 29.9 Å². The third kappa shape index (κ3) is 2.71. The van der Waals surface area contributed by atoms with E-state index in [2.05, 4.69) is 0 Å². The Bertz CT molecular complexity index is 565. The van der Waals surface area contributed by atoms with Gasteiger partial charge in [0.25, 0.3) is 11.5 Å². The summed E-state index contributed by atoms with van der Waals surface area (Å²) in [7, 11) is 1.45. The smallest absolute Gasteiger partial charge is 0.326 e. The third-order valence-electron chi connectivity index (χ3n) is 3.50. The number of aromatic nitrogens is 1. The molecule has 0 saturated carbocycles. The maximum absolute atomic E-state index is 13.0. The second-order valence-corrected chi connectivity index (χ2v) is 4.89. The molecule has 0 N–H and O–H groups in total. The van der Waals surface area contributed by atoms with Crippen molar-refractivity contribution in [3.05, 3.63) is 34.2 Å². The second kappa shape index (κ2) is 5.30. The zero-order valence-electron chi connectivity index (χ0n) is 11.0. The lowest BCUT2D eigenvalue weighted by Gasteiger charge is -2.36. The Morgan fingerprint density at radius 3 is 2.70 bits per heavy atom. The molecule has 20 heavy (non-hydrogen) atoms. The van der Waals surface area contributed by atoms with Crippen molar-refractivity contribution < 1.29 is 18.0 Å². The number of alkyl halides is 3. The molecule has 110 valence electrons. The number of aryl methyl sites for hydroxylation is 1. The molecular weight excluding hydrogens is 273 g/mol. The zero-order chi connectivity index (χ0) is 14.9. The molecule has 1 aromatic rings. The Labute approximate surface area is 113 Å². The lowest BCUT2D eigenvalue weighted by molar-refractivity contribution is -0.183. The lowest BCUT2D eigenvalue weighted by Crippen LogP contribution is -2.52. The first-order chi connectivity index (χ1) is 9.32. The van der Waals surface area contributed by atoms with Crippen LogP contribution in [0.3, 0.4) is 0 Å². The maximum atomic E-state index is 13.0. The van der Waals surface area contributed by atoms with E-state index in [9.17, 15) is 22.8 Å². The summed E-state index contributed by atoms with van der Waals surface area (Å²) in [5, 5.41) is 0. The van der Waals surface area contributed by atoms with Gasteiger partial charge in [0.15, 0.2) is 0 Å². The van der Waals surface area contributed by atoms with Gasteiger partial charge in [-0.3, -0.25) is 9.59 Å². The van der Waals surface area contributed by atoms with Gasteiger partial charge in [0, 0.05) is 19.8 Å². The van der Waals surface area contributed by atoms with E-state index in [0.717, 1.165) is 4.90 Å². The largest absolute Gasteiger partial charge is 0.408 e. The van der Waals surface area contributed by atoms with Crippen LogP contribution in [0.5, 0.6) is 0 Å². The highest BCUT2D eigenvalue weighted by Crippen LogP contribution is 2.32. The molecule has 0 aliphatic carbocycles. The van der Waals surface area contributed by atoms with Crippen LogP contribution in [-0.4, -0.2) is 34.1 Å². The van der Waals surface area contributed by atoms with Gasteiger partial charge in [0.1, 0.15) is 11.6 Å². The minimum absolute atomic E-state index is 0.0288. The van der Waals surface area contributed by atoms with E-state index >= 15 is 0 Å². The highest BCUT2D eigenvalue weighted by Gasteiger charge is 2.46. The number of carbonyl (C=O) groups excluding carboxylic acids is 1. The maximum Gasteiger partial charge on any atom is 0.408 e. The Kier molecular flexibility index (Phi) is 3.87. The van der Waals surface area contributed by atoms with Gasteiger partial charge >= 0.3 is 6.18 Å². The monoisotopic (exact) mass is 288 g/mol. The Hall–Kier alpha value is -1.79. The number of amides is 1. The molecule has 2 rings (SSSR count). The standard InChI is InChI=1S/C13H15F3N2O2/c1-17-7-4-5-9(11(17)19)12(20)18-8-3-2-6-10(18)13(14,15)16/h4-5,7,10H,2-3,6,8H2,1H3. The van der Waals surface area contributed by atoms with Crippen molar-refractivity contribution in [1.82, 2.24) is 9.47 Å². The van der Waals surface area contributed by atoms with Crippen LogP contribution in [0.1, 0.15) is 29.6 Å². The van der Waals surface area contributed by atoms with Gasteiger partial charge in [0.05, 0.1) is 0 Å². The summed E-state index contributed by atoms with van der Waals surface area (Å²) in [5.41, 5.74) is -0.796. The van der Waals surface area contributed by atoms with Gasteiger partial charge in [-0.25, -0.2) is 0 Å². The van der Waals surface area contributed by atoms with Crippen LogP contribution in [0, 0.1) is 0 Å². The third-order valence-corrected chi connectivity index (χ3v) is 3.50. The van der Waals surface area contributed by atoms with Crippen LogP contribution < -0.4 is 5.56 Å². The average Bonchev–Trinajstić information content (AvgIpc) is 2.40. The van der Waals surface area contributed by atoms with E-state index in [4.69, 9.17) is 0 Å². The molecule has 7 heteroatoms. The van der Waals surface area contributed by atoms with Crippen LogP contribution in [0.2, 0.25) is 0 Å². The predicted molar refractivity (Wildman–Crippen MR) is 66.4 cm³/mol. The van der Waals surface area contributed by atoms with Crippen molar-refractivity contribution in [3.63, 3.8) is 0 Å². The topological polar surface area (TPSA) is 42.3 Å². The van der Waals surface area contributed by atoms with Crippen LogP contribution >= 0.6 is 0 Å². The molecule has 1 unspecified atom stereocenters. The fourth-order valence-corrected chi connectivity index (χ4v) is 2.43. The van der Waals surface area contributed by atoms with Gasteiger partial charge in [-0.05, 0) is 31.4 Å². The van der Waals surface area contributed by atoms with E-state index in [1.54, 1.807) is 0 Å². The molecule has 0 spiro atoms. The summed E-state index contributed by atoms with van der Waals surface area (Å²) in [6.45, 7) is 0.0288. The molecule has 4 nitrogen and oxygen atoms in total. The minimum atomic E-state index is -4.46. The lowest BCUT2D eigenvalue weighted by atomic mass is 10.0. The van der Waals surface area contributed by atoms with Gasteiger partial charge in [-0.1, -0.05) is 0 Å². The van der Waals surface area contributed by atoms with Crippen molar-refractivity contribution in [1.29, 1.82) is 0 Å². The summed E-state index contributed by atoms with van der Waals surface area (Å²) < 4.78 is 40.1. The number of pyridine rings is 1. The minimum Gasteiger partial charge on any atom is -0.326 e. The highest BCUT2D eigenvalue weighted by molar-refractivity contribution is 5.94. The normalized spacial score (nSPS) is 20.0. The highest BCUT2D eigenvalue weighted by atomic mass is 19.4. The van der Waals surface area contributed by atoms with Gasteiger partial charge in [0.2, 0.25) is 0 Å². The summed E-state index contributed by atoms with van der Waals surface area (Å²) in [6.07, 6.45) is -2.17. The van der Waals surface area contributed by atoms with Crippen molar-refractivity contribution in [2.75, 3.05) is 6.54 Å². The fraction of sp³-hybridized carbons (Fsp3) is 0.538. The number of hydrogen-bond donors (Lipinski definition) is 0. The molecule has 1 saturated heterocycles. The summed E-state index contributed by atoms with van der Waals surface area (Å²) in [6, 6.07) is 0.946. The molecule has 1 atom stereocenters. The van der Waals surface area contributed by atoms with Crippen LogP contribution in [-0.2, 0) is 7.05 Å². The van der Waals surface area contributed by atoms with E-state index in [1.807, 2.05) is 0 Å². The summed E-state index contributed by atoms with van der Waals surface area (Å²) in [5.74, 6) is -0.840. The predicted octanol–water partition coefficient (Wildman–Crippen LogP) is 1.94. The first kappa shape index (κ1) is 14.6. The number of hydrogen-bond acceptors (Lipinski definition) is 2. The number of likely N-dealkylation sites (tertiary alicyclic amines) is 1. The van der Waals surface area contributed by atoms with Crippen LogP contribution in [0.15, 0.2) is 23.1 Å². The van der Waals surface area contributed by atoms with Crippen molar-refractivity contribution >= 4 is 5.91 Å². The zero-order valence-corrected chi connectivity index (χ0v) is 11.0. The molecule has 1 amide bonds. The van der Waals surface area contributed by atoms with E-state index < -0.39 is 23.7 Å². The molecule has 0 bridgehead atoms. The Morgan fingerprint density at radius 2 is 2.05 bits per heavy atom.